The van der Waals surface area contributed by atoms with Crippen LogP contribution in [-0.4, -0.2) is 20.9 Å². The highest BCUT2D eigenvalue weighted by molar-refractivity contribution is 6.02. The van der Waals surface area contributed by atoms with Crippen LogP contribution in [0.5, 0.6) is 0 Å². The minimum Gasteiger partial charge on any atom is -0.305 e. The first-order chi connectivity index (χ1) is 8.69. The van der Waals surface area contributed by atoms with E-state index in [0.717, 1.165) is 5.69 Å². The molecule has 0 bridgehead atoms. The number of pyridine rings is 1. The first-order valence-corrected chi connectivity index (χ1v) is 5.15. The summed E-state index contributed by atoms with van der Waals surface area (Å²) in [6.07, 6.45) is 4.30. The van der Waals surface area contributed by atoms with Gasteiger partial charge in [0.25, 0.3) is 5.91 Å². The number of hydrogen-bond donors (Lipinski definition) is 1. The number of carbonyl (C=O) groups is 1. The van der Waals surface area contributed by atoms with Crippen molar-refractivity contribution in [2.75, 3.05) is 5.32 Å². The number of rotatable bonds is 2. The molecule has 0 saturated carbocycles. The zero-order valence-corrected chi connectivity index (χ0v) is 9.58. The van der Waals surface area contributed by atoms with E-state index in [2.05, 4.69) is 20.3 Å². The molecule has 0 aliphatic heterocycles. The second kappa shape index (κ2) is 5.01. The fourth-order valence-corrected chi connectivity index (χ4v) is 1.22. The summed E-state index contributed by atoms with van der Waals surface area (Å²) in [4.78, 5) is 23.6. The second-order valence-corrected chi connectivity index (χ2v) is 3.54. The van der Waals surface area contributed by atoms with Crippen LogP contribution < -0.4 is 5.32 Å². The maximum atomic E-state index is 11.8. The Labute approximate surface area is 103 Å². The molecule has 0 saturated heterocycles. The molecule has 0 aliphatic carbocycles. The Morgan fingerprint density at radius 1 is 1.22 bits per heavy atom. The summed E-state index contributed by atoms with van der Waals surface area (Å²) >= 11 is 0. The van der Waals surface area contributed by atoms with E-state index in [1.54, 1.807) is 19.1 Å². The predicted molar refractivity (Wildman–Crippen MR) is 63.7 cm³/mol. The van der Waals surface area contributed by atoms with Crippen molar-refractivity contribution in [3.05, 3.63) is 47.7 Å². The molecule has 0 aliphatic rings. The minimum absolute atomic E-state index is 0.215. The van der Waals surface area contributed by atoms with Crippen LogP contribution in [-0.2, 0) is 0 Å². The third kappa shape index (κ3) is 2.65. The van der Waals surface area contributed by atoms with Gasteiger partial charge in [0, 0.05) is 12.4 Å². The lowest BCUT2D eigenvalue weighted by molar-refractivity contribution is 0.102. The molecule has 6 heteroatoms. The third-order valence-corrected chi connectivity index (χ3v) is 2.15. The molecule has 1 amide bonds. The Balaban J connectivity index is 2.11. The lowest BCUT2D eigenvalue weighted by atomic mass is 10.3. The summed E-state index contributed by atoms with van der Waals surface area (Å²) < 4.78 is 0. The number of nitrogens with one attached hydrogen (secondary N) is 1. The van der Waals surface area contributed by atoms with E-state index in [1.807, 2.05) is 6.07 Å². The average molecular weight is 239 g/mol. The van der Waals surface area contributed by atoms with E-state index in [1.165, 1.54) is 18.6 Å². The van der Waals surface area contributed by atoms with Gasteiger partial charge in [-0.05, 0) is 19.1 Å². The van der Waals surface area contributed by atoms with Gasteiger partial charge in [0.2, 0.25) is 0 Å². The van der Waals surface area contributed by atoms with E-state index in [0.29, 0.717) is 11.4 Å². The lowest BCUT2D eigenvalue weighted by Gasteiger charge is -2.03. The second-order valence-electron chi connectivity index (χ2n) is 3.54. The van der Waals surface area contributed by atoms with Gasteiger partial charge in [-0.3, -0.25) is 9.78 Å². The summed E-state index contributed by atoms with van der Waals surface area (Å²) in [5.41, 5.74) is 1.39. The van der Waals surface area contributed by atoms with Gasteiger partial charge in [0.15, 0.2) is 0 Å². The number of aromatic nitrogens is 3. The number of nitrogens with zero attached hydrogens (tertiary/aromatic N) is 4. The molecule has 0 spiro atoms. The van der Waals surface area contributed by atoms with Gasteiger partial charge in [-0.1, -0.05) is 0 Å². The Bertz CT molecular complexity index is 598. The molecule has 1 N–H and O–H groups in total. The van der Waals surface area contributed by atoms with Crippen molar-refractivity contribution in [1.29, 1.82) is 5.26 Å². The number of anilines is 1. The van der Waals surface area contributed by atoms with Gasteiger partial charge in [0.1, 0.15) is 17.6 Å². The van der Waals surface area contributed by atoms with Crippen LogP contribution in [0.25, 0.3) is 0 Å². The maximum absolute atomic E-state index is 11.8. The number of carbonyl (C=O) groups excluding carboxylic acids is 1. The van der Waals surface area contributed by atoms with Crippen LogP contribution in [0.4, 0.5) is 5.82 Å². The van der Waals surface area contributed by atoms with E-state index >= 15 is 0 Å². The highest BCUT2D eigenvalue weighted by atomic mass is 16.1. The van der Waals surface area contributed by atoms with Crippen LogP contribution in [0.1, 0.15) is 21.7 Å². The molecule has 0 radical (unpaired) electrons. The molecule has 0 fully saturated rings. The Morgan fingerprint density at radius 2 is 2.06 bits per heavy atom. The van der Waals surface area contributed by atoms with Crippen molar-refractivity contribution < 1.29 is 4.79 Å². The van der Waals surface area contributed by atoms with Crippen molar-refractivity contribution in [3.63, 3.8) is 0 Å². The molecule has 0 aromatic carbocycles. The molecule has 2 heterocycles. The number of hydrogen-bond acceptors (Lipinski definition) is 5. The molecule has 0 atom stereocenters. The summed E-state index contributed by atoms with van der Waals surface area (Å²) in [5.74, 6) is -0.0268. The molecule has 2 aromatic rings. The van der Waals surface area contributed by atoms with E-state index in [9.17, 15) is 4.79 Å². The molecule has 2 aromatic heterocycles. The smallest absolute Gasteiger partial charge is 0.277 e. The third-order valence-electron chi connectivity index (χ3n) is 2.15. The van der Waals surface area contributed by atoms with Gasteiger partial charge in [-0.25, -0.2) is 9.97 Å². The topological polar surface area (TPSA) is 91.6 Å². The highest BCUT2D eigenvalue weighted by Gasteiger charge is 2.08. The summed E-state index contributed by atoms with van der Waals surface area (Å²) in [5, 5.41) is 11.2. The van der Waals surface area contributed by atoms with Gasteiger partial charge in [0.05, 0.1) is 17.5 Å². The van der Waals surface area contributed by atoms with Crippen molar-refractivity contribution >= 4 is 11.7 Å². The van der Waals surface area contributed by atoms with Crippen molar-refractivity contribution in [1.82, 2.24) is 15.0 Å². The molecule has 2 rings (SSSR count). The van der Waals surface area contributed by atoms with E-state index in [4.69, 9.17) is 5.26 Å². The fourth-order valence-electron chi connectivity index (χ4n) is 1.22. The Kier molecular flexibility index (Phi) is 3.25. The number of amides is 1. The van der Waals surface area contributed by atoms with E-state index in [-0.39, 0.29) is 11.6 Å². The van der Waals surface area contributed by atoms with Gasteiger partial charge < -0.3 is 5.32 Å². The van der Waals surface area contributed by atoms with Gasteiger partial charge in [-0.2, -0.15) is 5.26 Å². The zero-order chi connectivity index (χ0) is 13.0. The highest BCUT2D eigenvalue weighted by Crippen LogP contribution is 2.05. The average Bonchev–Trinajstić information content (AvgIpc) is 2.40. The normalized spacial score (nSPS) is 9.56. The lowest BCUT2D eigenvalue weighted by Crippen LogP contribution is -2.15. The largest absolute Gasteiger partial charge is 0.305 e. The SMILES string of the molecule is Cc1cnc(C(=O)Nc2ccc(C#N)cn2)cn1. The first-order valence-electron chi connectivity index (χ1n) is 5.15. The monoisotopic (exact) mass is 239 g/mol. The van der Waals surface area contributed by atoms with Crippen LogP contribution in [0.3, 0.4) is 0 Å². The van der Waals surface area contributed by atoms with Gasteiger partial charge >= 0.3 is 0 Å². The molecular formula is C12H9N5O. The predicted octanol–water partition coefficient (Wildman–Crippen LogP) is 1.30. The Morgan fingerprint density at radius 3 is 2.61 bits per heavy atom. The summed E-state index contributed by atoms with van der Waals surface area (Å²) in [6.45, 7) is 1.79. The molecule has 6 nitrogen and oxygen atoms in total. The van der Waals surface area contributed by atoms with Crippen molar-refractivity contribution in [2.24, 2.45) is 0 Å². The van der Waals surface area contributed by atoms with Crippen molar-refractivity contribution in [3.8, 4) is 6.07 Å². The summed E-state index contributed by atoms with van der Waals surface area (Å²) in [6, 6.07) is 5.07. The Hall–Kier alpha value is -2.81. The van der Waals surface area contributed by atoms with Crippen LogP contribution >= 0.6 is 0 Å². The fraction of sp³-hybridized carbons (Fsp3) is 0.0833. The van der Waals surface area contributed by atoms with Crippen LogP contribution in [0.15, 0.2) is 30.7 Å². The standard InChI is InChI=1S/C12H9N5O/c1-8-5-15-10(7-14-8)12(18)17-11-3-2-9(4-13)6-16-11/h2-3,5-7H,1H3,(H,16,17,18). The molecular weight excluding hydrogens is 230 g/mol. The molecule has 18 heavy (non-hydrogen) atoms. The van der Waals surface area contributed by atoms with E-state index < -0.39 is 0 Å². The van der Waals surface area contributed by atoms with Crippen molar-refractivity contribution in [2.45, 2.75) is 6.92 Å². The molecule has 0 unspecified atom stereocenters. The van der Waals surface area contributed by atoms with Gasteiger partial charge in [-0.15, -0.1) is 0 Å². The first kappa shape index (κ1) is 11.7. The van der Waals surface area contributed by atoms with Crippen LogP contribution in [0.2, 0.25) is 0 Å². The maximum Gasteiger partial charge on any atom is 0.277 e. The number of aryl methyl sites for hydroxylation is 1. The van der Waals surface area contributed by atoms with Crippen LogP contribution in [0, 0.1) is 18.3 Å². The quantitative estimate of drug-likeness (QED) is 0.852. The zero-order valence-electron chi connectivity index (χ0n) is 9.58. The number of nitriles is 1. The molecule has 88 valence electrons. The minimum atomic E-state index is -0.389. The summed E-state index contributed by atoms with van der Waals surface area (Å²) in [7, 11) is 0.